The van der Waals surface area contributed by atoms with Crippen LogP contribution in [0.2, 0.25) is 0 Å². The second-order valence-electron chi connectivity index (χ2n) is 8.69. The van der Waals surface area contributed by atoms with Gasteiger partial charge in [-0.1, -0.05) is 12.1 Å². The van der Waals surface area contributed by atoms with E-state index in [4.69, 9.17) is 28.1 Å². The maximum atomic E-state index is 13.7. The first kappa shape index (κ1) is 22.8. The lowest BCUT2D eigenvalue weighted by atomic mass is 9.84. The van der Waals surface area contributed by atoms with E-state index >= 15 is 0 Å². The van der Waals surface area contributed by atoms with E-state index in [-0.39, 0.29) is 34.5 Å². The molecule has 2 aliphatic heterocycles. The maximum Gasteiger partial charge on any atom is 0.312 e. The molecule has 0 aliphatic carbocycles. The molecule has 0 radical (unpaired) electrons. The molecular formula is C28H22O9. The highest BCUT2D eigenvalue weighted by Gasteiger charge is 2.34. The molecule has 0 bridgehead atoms. The number of hydrogen-bond acceptors (Lipinski definition) is 9. The zero-order valence-electron chi connectivity index (χ0n) is 20.0. The van der Waals surface area contributed by atoms with Crippen molar-refractivity contribution in [2.24, 2.45) is 0 Å². The summed E-state index contributed by atoms with van der Waals surface area (Å²) >= 11 is 0. The summed E-state index contributed by atoms with van der Waals surface area (Å²) in [6, 6.07) is 11.8. The lowest BCUT2D eigenvalue weighted by molar-refractivity contribution is -0.135. The Morgan fingerprint density at radius 2 is 1.68 bits per heavy atom. The third kappa shape index (κ3) is 3.70. The molecule has 3 aromatic carbocycles. The van der Waals surface area contributed by atoms with Crippen molar-refractivity contribution in [3.8, 4) is 45.6 Å². The van der Waals surface area contributed by atoms with Gasteiger partial charge in [0, 0.05) is 17.5 Å². The summed E-state index contributed by atoms with van der Waals surface area (Å²) < 4.78 is 33.4. The molecular weight excluding hydrogens is 480 g/mol. The van der Waals surface area contributed by atoms with Crippen molar-refractivity contribution in [1.29, 1.82) is 0 Å². The molecule has 0 unspecified atom stereocenters. The van der Waals surface area contributed by atoms with E-state index in [1.165, 1.54) is 26.5 Å². The highest BCUT2D eigenvalue weighted by molar-refractivity contribution is 5.94. The van der Waals surface area contributed by atoms with Gasteiger partial charge in [-0.15, -0.1) is 0 Å². The second kappa shape index (κ2) is 8.77. The first-order valence-electron chi connectivity index (χ1n) is 11.6. The number of benzene rings is 3. The van der Waals surface area contributed by atoms with E-state index in [0.29, 0.717) is 47.3 Å². The van der Waals surface area contributed by atoms with Gasteiger partial charge in [-0.05, 0) is 35.4 Å². The fraction of sp³-hybridized carbons (Fsp3) is 0.214. The van der Waals surface area contributed by atoms with Crippen LogP contribution in [0.3, 0.4) is 0 Å². The van der Waals surface area contributed by atoms with Crippen LogP contribution in [0.15, 0.2) is 57.9 Å². The highest BCUT2D eigenvalue weighted by atomic mass is 16.6. The molecule has 1 N–H and O–H groups in total. The topological polar surface area (TPSA) is 114 Å². The van der Waals surface area contributed by atoms with E-state index < -0.39 is 17.3 Å². The van der Waals surface area contributed by atoms with Gasteiger partial charge in [-0.2, -0.15) is 0 Å². The first-order chi connectivity index (χ1) is 18.0. The largest absolute Gasteiger partial charge is 0.507 e. The van der Waals surface area contributed by atoms with Gasteiger partial charge < -0.3 is 33.2 Å². The summed E-state index contributed by atoms with van der Waals surface area (Å²) in [4.78, 5) is 26.1. The number of esters is 1. The van der Waals surface area contributed by atoms with Gasteiger partial charge in [0.2, 0.25) is 5.43 Å². The molecule has 4 aromatic rings. The fourth-order valence-corrected chi connectivity index (χ4v) is 4.90. The normalized spacial score (nSPS) is 16.2. The lowest BCUT2D eigenvalue weighted by Crippen LogP contribution is -2.22. The minimum absolute atomic E-state index is 0.00785. The van der Waals surface area contributed by atoms with E-state index in [0.717, 1.165) is 5.56 Å². The molecule has 0 saturated carbocycles. The lowest BCUT2D eigenvalue weighted by Gasteiger charge is -2.27. The van der Waals surface area contributed by atoms with Gasteiger partial charge in [0.05, 0.1) is 26.2 Å². The van der Waals surface area contributed by atoms with Crippen molar-refractivity contribution in [1.82, 2.24) is 0 Å². The summed E-state index contributed by atoms with van der Waals surface area (Å²) in [5.74, 6) is 0.987. The second-order valence-corrected chi connectivity index (χ2v) is 8.69. The smallest absolute Gasteiger partial charge is 0.312 e. The van der Waals surface area contributed by atoms with Crippen LogP contribution in [-0.2, 0) is 4.79 Å². The van der Waals surface area contributed by atoms with Gasteiger partial charge in [-0.3, -0.25) is 9.59 Å². The van der Waals surface area contributed by atoms with E-state index in [1.807, 2.05) is 12.1 Å². The predicted octanol–water partition coefficient (Wildman–Crippen LogP) is 4.40. The number of hydrogen-bond donors (Lipinski definition) is 1. The van der Waals surface area contributed by atoms with Crippen LogP contribution in [0.5, 0.6) is 34.5 Å². The number of methoxy groups -OCH3 is 2. The molecule has 188 valence electrons. The number of fused-ring (bicyclic) bond motifs is 4. The molecule has 0 saturated heterocycles. The number of aromatic hydroxyl groups is 1. The Hall–Kier alpha value is -4.66. The molecule has 1 atom stereocenters. The van der Waals surface area contributed by atoms with Crippen LogP contribution in [0.25, 0.3) is 22.1 Å². The molecule has 37 heavy (non-hydrogen) atoms. The van der Waals surface area contributed by atoms with Crippen LogP contribution < -0.4 is 29.1 Å². The summed E-state index contributed by atoms with van der Waals surface area (Å²) in [6.07, 6.45) is 1.36. The standard InChI is InChI=1S/C28H22O9/c1-32-19-5-3-15(9-21(19)33-2)17-13-36-28-25-16(14-4-6-20-22(10-14)35-8-7-34-20)11-24(30)37-23(25)12-18(29)26(28)27(17)31/h3-6,9-10,12-13,16,29H,7-8,11H2,1-2H3/t16-/m1/s1. The van der Waals surface area contributed by atoms with Gasteiger partial charge in [0.25, 0.3) is 0 Å². The average molecular weight is 502 g/mol. The molecule has 9 nitrogen and oxygen atoms in total. The monoisotopic (exact) mass is 502 g/mol. The number of carbonyl (C=O) groups excluding carboxylic acids is 1. The molecule has 9 heteroatoms. The van der Waals surface area contributed by atoms with Crippen molar-refractivity contribution >= 4 is 16.9 Å². The number of rotatable bonds is 4. The van der Waals surface area contributed by atoms with E-state index in [9.17, 15) is 14.7 Å². The third-order valence-electron chi connectivity index (χ3n) is 6.63. The highest BCUT2D eigenvalue weighted by Crippen LogP contribution is 2.47. The van der Waals surface area contributed by atoms with Crippen LogP contribution >= 0.6 is 0 Å². The fourth-order valence-electron chi connectivity index (χ4n) is 4.90. The third-order valence-corrected chi connectivity index (χ3v) is 6.63. The molecule has 0 spiro atoms. The van der Waals surface area contributed by atoms with Crippen LogP contribution in [0, 0.1) is 0 Å². The Morgan fingerprint density at radius 3 is 2.46 bits per heavy atom. The molecule has 1 aromatic heterocycles. The summed E-state index contributed by atoms with van der Waals surface area (Å²) in [5, 5.41) is 10.8. The number of ether oxygens (including phenoxy) is 5. The van der Waals surface area contributed by atoms with Gasteiger partial charge in [0.1, 0.15) is 41.9 Å². The van der Waals surface area contributed by atoms with Crippen molar-refractivity contribution < 1.29 is 38.0 Å². The van der Waals surface area contributed by atoms with Crippen molar-refractivity contribution in [2.45, 2.75) is 12.3 Å². The Morgan fingerprint density at radius 1 is 0.892 bits per heavy atom. The summed E-state index contributed by atoms with van der Waals surface area (Å²) in [6.45, 7) is 0.882. The molecule has 2 aliphatic rings. The Labute approximate surface area is 210 Å². The molecule has 0 fully saturated rings. The molecule has 6 rings (SSSR count). The SMILES string of the molecule is COc1ccc(-c2coc3c4c(cc(O)c3c2=O)OC(=O)C[C@@H]4c2ccc3c(c2)OCCO3)cc1OC. The van der Waals surface area contributed by atoms with E-state index in [2.05, 4.69) is 0 Å². The quantitative estimate of drug-likeness (QED) is 0.320. The van der Waals surface area contributed by atoms with E-state index in [1.54, 1.807) is 24.3 Å². The van der Waals surface area contributed by atoms with Crippen LogP contribution in [-0.4, -0.2) is 38.5 Å². The molecule has 3 heterocycles. The van der Waals surface area contributed by atoms with Gasteiger partial charge in [-0.25, -0.2) is 0 Å². The van der Waals surface area contributed by atoms with Crippen molar-refractivity contribution in [3.63, 3.8) is 0 Å². The average Bonchev–Trinajstić information content (AvgIpc) is 2.91. The maximum absolute atomic E-state index is 13.7. The Balaban J connectivity index is 1.54. The van der Waals surface area contributed by atoms with Crippen molar-refractivity contribution in [2.75, 3.05) is 27.4 Å². The minimum atomic E-state index is -0.495. The predicted molar refractivity (Wildman–Crippen MR) is 132 cm³/mol. The summed E-state index contributed by atoms with van der Waals surface area (Å²) in [7, 11) is 3.02. The Bertz CT molecular complexity index is 1620. The van der Waals surface area contributed by atoms with Gasteiger partial charge in [0.15, 0.2) is 23.0 Å². The number of phenolic OH excluding ortho intramolecular Hbond substituents is 1. The zero-order valence-corrected chi connectivity index (χ0v) is 20.0. The zero-order chi connectivity index (χ0) is 25.7. The Kier molecular flexibility index (Phi) is 5.40. The number of phenols is 1. The number of carbonyl (C=O) groups is 1. The summed E-state index contributed by atoms with van der Waals surface area (Å²) in [5.41, 5.74) is 1.73. The first-order valence-corrected chi connectivity index (χ1v) is 11.6. The van der Waals surface area contributed by atoms with Crippen LogP contribution in [0.4, 0.5) is 0 Å². The van der Waals surface area contributed by atoms with Gasteiger partial charge >= 0.3 is 5.97 Å². The molecule has 0 amide bonds. The minimum Gasteiger partial charge on any atom is -0.507 e. The van der Waals surface area contributed by atoms with Crippen molar-refractivity contribution in [3.05, 3.63) is 70.1 Å². The van der Waals surface area contributed by atoms with Crippen LogP contribution in [0.1, 0.15) is 23.5 Å².